The van der Waals surface area contributed by atoms with Gasteiger partial charge < -0.3 is 9.32 Å². The Hall–Kier alpha value is -0.960. The molecule has 1 amide bonds. The van der Waals surface area contributed by atoms with Crippen molar-refractivity contribution in [2.75, 3.05) is 7.05 Å². The Labute approximate surface area is 107 Å². The van der Waals surface area contributed by atoms with E-state index in [0.29, 0.717) is 5.56 Å². The van der Waals surface area contributed by atoms with Gasteiger partial charge in [-0.3, -0.25) is 4.79 Å². The van der Waals surface area contributed by atoms with Crippen LogP contribution in [0.15, 0.2) is 16.7 Å². The van der Waals surface area contributed by atoms with Gasteiger partial charge in [-0.15, -0.1) is 11.6 Å². The molecule has 94 valence electrons. The summed E-state index contributed by atoms with van der Waals surface area (Å²) >= 11 is 6.30. The van der Waals surface area contributed by atoms with Crippen LogP contribution in [0.5, 0.6) is 0 Å². The lowest BCUT2D eigenvalue weighted by atomic mass is 9.93. The third-order valence-electron chi connectivity index (χ3n) is 3.44. The van der Waals surface area contributed by atoms with E-state index in [2.05, 4.69) is 0 Å². The van der Waals surface area contributed by atoms with Crippen LogP contribution in [0.25, 0.3) is 0 Å². The molecule has 3 nitrogen and oxygen atoms in total. The molecule has 0 spiro atoms. The Bertz CT molecular complexity index is 402. The normalized spacial score (nSPS) is 24.6. The molecule has 0 saturated heterocycles. The summed E-state index contributed by atoms with van der Waals surface area (Å²) in [4.78, 5) is 14.0. The van der Waals surface area contributed by atoms with Crippen molar-refractivity contribution in [2.24, 2.45) is 0 Å². The topological polar surface area (TPSA) is 33.5 Å². The first-order valence-corrected chi connectivity index (χ1v) is 6.49. The van der Waals surface area contributed by atoms with Crippen LogP contribution in [0.2, 0.25) is 0 Å². The standard InChI is InChI=1S/C13H18ClNO2/c1-9-7-10(8-17-9)13(16)15(2)12-6-4-3-5-11(12)14/h7-8,11-12H,3-6H2,1-2H3. The molecule has 1 saturated carbocycles. The highest BCUT2D eigenvalue weighted by Crippen LogP contribution is 2.27. The van der Waals surface area contributed by atoms with Crippen molar-refractivity contribution in [3.63, 3.8) is 0 Å². The average molecular weight is 256 g/mol. The fourth-order valence-corrected chi connectivity index (χ4v) is 2.86. The number of amides is 1. The zero-order valence-electron chi connectivity index (χ0n) is 10.3. The smallest absolute Gasteiger partial charge is 0.257 e. The summed E-state index contributed by atoms with van der Waals surface area (Å²) in [5.41, 5.74) is 0.611. The van der Waals surface area contributed by atoms with Gasteiger partial charge in [-0.1, -0.05) is 12.8 Å². The number of nitrogens with zero attached hydrogens (tertiary/aromatic N) is 1. The van der Waals surface area contributed by atoms with Crippen molar-refractivity contribution < 1.29 is 9.21 Å². The number of halogens is 1. The molecule has 0 N–H and O–H groups in total. The molecule has 17 heavy (non-hydrogen) atoms. The number of alkyl halides is 1. The van der Waals surface area contributed by atoms with E-state index in [0.717, 1.165) is 31.4 Å². The molecule has 4 heteroatoms. The Kier molecular flexibility index (Phi) is 3.77. The molecule has 2 rings (SSSR count). The lowest BCUT2D eigenvalue weighted by molar-refractivity contribution is 0.0699. The van der Waals surface area contributed by atoms with Gasteiger partial charge >= 0.3 is 0 Å². The van der Waals surface area contributed by atoms with E-state index in [9.17, 15) is 4.79 Å². The lowest BCUT2D eigenvalue weighted by Gasteiger charge is -2.34. The predicted molar refractivity (Wildman–Crippen MR) is 67.4 cm³/mol. The van der Waals surface area contributed by atoms with Crippen molar-refractivity contribution in [2.45, 2.75) is 44.0 Å². The van der Waals surface area contributed by atoms with E-state index in [1.54, 1.807) is 11.0 Å². The van der Waals surface area contributed by atoms with Crippen LogP contribution in [-0.4, -0.2) is 29.3 Å². The highest BCUT2D eigenvalue weighted by atomic mass is 35.5. The van der Waals surface area contributed by atoms with Gasteiger partial charge in [-0.05, 0) is 25.8 Å². The molecule has 1 aromatic heterocycles. The third-order valence-corrected chi connectivity index (χ3v) is 3.95. The van der Waals surface area contributed by atoms with E-state index < -0.39 is 0 Å². The number of furan rings is 1. The first kappa shape index (κ1) is 12.5. The van der Waals surface area contributed by atoms with E-state index in [4.69, 9.17) is 16.0 Å². The minimum absolute atomic E-state index is 0.000556. The summed E-state index contributed by atoms with van der Waals surface area (Å²) in [6, 6.07) is 1.92. The Morgan fingerprint density at radius 1 is 1.47 bits per heavy atom. The molecule has 1 aliphatic rings. The van der Waals surface area contributed by atoms with Crippen LogP contribution >= 0.6 is 11.6 Å². The van der Waals surface area contributed by atoms with Crippen LogP contribution in [0.1, 0.15) is 41.8 Å². The monoisotopic (exact) mass is 255 g/mol. The maximum absolute atomic E-state index is 12.2. The molecule has 1 aliphatic carbocycles. The minimum atomic E-state index is -0.000556. The molecular weight excluding hydrogens is 238 g/mol. The van der Waals surface area contributed by atoms with E-state index in [1.165, 1.54) is 6.26 Å². The molecule has 1 heterocycles. The Balaban J connectivity index is 2.08. The third kappa shape index (κ3) is 2.65. The summed E-state index contributed by atoms with van der Waals surface area (Å²) < 4.78 is 5.17. The molecule has 2 unspecified atom stereocenters. The maximum atomic E-state index is 12.2. The second-order valence-corrected chi connectivity index (χ2v) is 5.29. The minimum Gasteiger partial charge on any atom is -0.469 e. The van der Waals surface area contributed by atoms with E-state index >= 15 is 0 Å². The maximum Gasteiger partial charge on any atom is 0.257 e. The highest BCUT2D eigenvalue weighted by molar-refractivity contribution is 6.21. The Morgan fingerprint density at radius 2 is 2.18 bits per heavy atom. The van der Waals surface area contributed by atoms with Gasteiger partial charge in [0.1, 0.15) is 12.0 Å². The van der Waals surface area contributed by atoms with Gasteiger partial charge in [-0.25, -0.2) is 0 Å². The van der Waals surface area contributed by atoms with Gasteiger partial charge in [0, 0.05) is 13.1 Å². The van der Waals surface area contributed by atoms with Crippen LogP contribution in [-0.2, 0) is 0 Å². The van der Waals surface area contributed by atoms with Crippen molar-refractivity contribution in [1.82, 2.24) is 4.90 Å². The average Bonchev–Trinajstić information content (AvgIpc) is 2.75. The van der Waals surface area contributed by atoms with Crippen LogP contribution in [0.3, 0.4) is 0 Å². The number of aryl methyl sites for hydroxylation is 1. The van der Waals surface area contributed by atoms with Gasteiger partial charge in [0.05, 0.1) is 10.9 Å². The van der Waals surface area contributed by atoms with Crippen LogP contribution in [0.4, 0.5) is 0 Å². The zero-order valence-corrected chi connectivity index (χ0v) is 11.0. The lowest BCUT2D eigenvalue weighted by Crippen LogP contribution is -2.44. The van der Waals surface area contributed by atoms with E-state index in [-0.39, 0.29) is 17.3 Å². The van der Waals surface area contributed by atoms with E-state index in [1.807, 2.05) is 14.0 Å². The van der Waals surface area contributed by atoms with Crippen molar-refractivity contribution in [3.05, 3.63) is 23.7 Å². The first-order valence-electron chi connectivity index (χ1n) is 6.06. The zero-order chi connectivity index (χ0) is 12.4. The van der Waals surface area contributed by atoms with Gasteiger partial charge in [0.2, 0.25) is 0 Å². The summed E-state index contributed by atoms with van der Waals surface area (Å²) in [5.74, 6) is 0.757. The number of hydrogen-bond acceptors (Lipinski definition) is 2. The second kappa shape index (κ2) is 5.13. The van der Waals surface area contributed by atoms with Crippen LogP contribution < -0.4 is 0 Å². The fourth-order valence-electron chi connectivity index (χ4n) is 2.41. The summed E-state index contributed by atoms with van der Waals surface area (Å²) in [6.45, 7) is 1.84. The SMILES string of the molecule is Cc1cc(C(=O)N(C)C2CCCCC2Cl)co1. The first-order chi connectivity index (χ1) is 8.09. The predicted octanol–water partition coefficient (Wildman–Crippen LogP) is 3.21. The Morgan fingerprint density at radius 3 is 2.76 bits per heavy atom. The second-order valence-electron chi connectivity index (χ2n) is 4.73. The molecule has 1 fully saturated rings. The molecule has 2 atom stereocenters. The molecule has 0 radical (unpaired) electrons. The van der Waals surface area contributed by atoms with Crippen molar-refractivity contribution in [3.8, 4) is 0 Å². The van der Waals surface area contributed by atoms with Gasteiger partial charge in [0.15, 0.2) is 0 Å². The largest absolute Gasteiger partial charge is 0.469 e. The summed E-state index contributed by atoms with van der Waals surface area (Å²) in [7, 11) is 1.83. The molecular formula is C13H18ClNO2. The molecule has 0 bridgehead atoms. The number of carbonyl (C=O) groups is 1. The summed E-state index contributed by atoms with van der Waals surface area (Å²) in [5, 5.41) is 0.0747. The fraction of sp³-hybridized carbons (Fsp3) is 0.615. The van der Waals surface area contributed by atoms with Gasteiger partial charge in [-0.2, -0.15) is 0 Å². The highest BCUT2D eigenvalue weighted by Gasteiger charge is 2.30. The molecule has 1 aromatic rings. The summed E-state index contributed by atoms with van der Waals surface area (Å²) in [6.07, 6.45) is 5.81. The van der Waals surface area contributed by atoms with Crippen LogP contribution in [0, 0.1) is 6.92 Å². The molecule has 0 aromatic carbocycles. The van der Waals surface area contributed by atoms with Crippen molar-refractivity contribution >= 4 is 17.5 Å². The number of carbonyl (C=O) groups excluding carboxylic acids is 1. The van der Waals surface area contributed by atoms with Crippen molar-refractivity contribution in [1.29, 1.82) is 0 Å². The quantitative estimate of drug-likeness (QED) is 0.761. The number of hydrogen-bond donors (Lipinski definition) is 0. The van der Waals surface area contributed by atoms with Gasteiger partial charge in [0.25, 0.3) is 5.91 Å². The molecule has 0 aliphatic heterocycles. The number of rotatable bonds is 2.